The molecule has 2 atom stereocenters. The molecule has 0 aliphatic carbocycles. The van der Waals surface area contributed by atoms with E-state index < -0.39 is 0 Å². The van der Waals surface area contributed by atoms with Gasteiger partial charge in [0.1, 0.15) is 0 Å². The van der Waals surface area contributed by atoms with Gasteiger partial charge in [-0.2, -0.15) is 0 Å². The van der Waals surface area contributed by atoms with Gasteiger partial charge in [0, 0.05) is 0 Å². The Morgan fingerprint density at radius 1 is 1.78 bits per heavy atom. The first-order valence-corrected chi connectivity index (χ1v) is 3.31. The van der Waals surface area contributed by atoms with Crippen LogP contribution in [0.3, 0.4) is 0 Å². The molecular weight excluding hydrogens is 112 g/mol. The number of hydrogen-bond donors (Lipinski definition) is 0. The summed E-state index contributed by atoms with van der Waals surface area (Å²) in [5, 5.41) is 0. The van der Waals surface area contributed by atoms with Crippen molar-refractivity contribution in [2.24, 2.45) is 0 Å². The Bertz CT molecular complexity index is 120. The van der Waals surface area contributed by atoms with Crippen LogP contribution in [0.4, 0.5) is 0 Å². The molecular formula is C8H13O. The van der Waals surface area contributed by atoms with Crippen molar-refractivity contribution < 1.29 is 4.74 Å². The average Bonchev–Trinajstić information content (AvgIpc) is 2.43. The van der Waals surface area contributed by atoms with Gasteiger partial charge < -0.3 is 4.74 Å². The third-order valence-electron chi connectivity index (χ3n) is 1.85. The maximum Gasteiger partial charge on any atom is 0.0954 e. The van der Waals surface area contributed by atoms with Crippen LogP contribution < -0.4 is 0 Å². The van der Waals surface area contributed by atoms with Crippen molar-refractivity contribution in [2.45, 2.75) is 31.5 Å². The number of epoxide rings is 1. The quantitative estimate of drug-likeness (QED) is 0.415. The summed E-state index contributed by atoms with van der Waals surface area (Å²) in [6, 6.07) is 0. The summed E-state index contributed by atoms with van der Waals surface area (Å²) in [5.74, 6) is 0. The predicted molar refractivity (Wildman–Crippen MR) is 38.1 cm³/mol. The highest BCUT2D eigenvalue weighted by atomic mass is 16.6. The van der Waals surface area contributed by atoms with Gasteiger partial charge >= 0.3 is 0 Å². The van der Waals surface area contributed by atoms with E-state index in [1.54, 1.807) is 0 Å². The molecule has 0 N–H and O–H groups in total. The summed E-state index contributed by atoms with van der Waals surface area (Å²) in [6.45, 7) is 9.52. The highest BCUT2D eigenvalue weighted by Crippen LogP contribution is 2.41. The monoisotopic (exact) mass is 125 g/mol. The zero-order valence-corrected chi connectivity index (χ0v) is 5.89. The lowest BCUT2D eigenvalue weighted by Gasteiger charge is -1.97. The lowest BCUT2D eigenvalue weighted by atomic mass is 10.0. The average molecular weight is 125 g/mol. The summed E-state index contributed by atoms with van der Waals surface area (Å²) in [6.07, 6.45) is 4.11. The summed E-state index contributed by atoms with van der Waals surface area (Å²) in [5.41, 5.74) is 0.0868. The van der Waals surface area contributed by atoms with Crippen molar-refractivity contribution in [1.82, 2.24) is 0 Å². The minimum Gasteiger partial charge on any atom is -0.366 e. The second kappa shape index (κ2) is 2.14. The fourth-order valence-corrected chi connectivity index (χ4v) is 1.12. The van der Waals surface area contributed by atoms with Crippen LogP contribution in [-0.4, -0.2) is 11.7 Å². The molecule has 0 aromatic heterocycles. The third-order valence-corrected chi connectivity index (χ3v) is 1.85. The second-order valence-electron chi connectivity index (χ2n) is 2.70. The molecule has 1 saturated heterocycles. The van der Waals surface area contributed by atoms with Crippen LogP contribution in [0.25, 0.3) is 0 Å². The highest BCUT2D eigenvalue weighted by Gasteiger charge is 2.49. The van der Waals surface area contributed by atoms with Gasteiger partial charge in [0.15, 0.2) is 0 Å². The molecule has 0 amide bonds. The lowest BCUT2D eigenvalue weighted by Crippen LogP contribution is -2.06. The standard InChI is InChI=1S/C8H13O/c1-4-6-8(3)7(5-2)9-8/h4,7H,1-2,5-6H2,3H3. The summed E-state index contributed by atoms with van der Waals surface area (Å²) < 4.78 is 5.36. The first-order valence-electron chi connectivity index (χ1n) is 3.31. The molecule has 2 unspecified atom stereocenters. The molecule has 1 nitrogen and oxygen atoms in total. The van der Waals surface area contributed by atoms with Crippen molar-refractivity contribution in [2.75, 3.05) is 0 Å². The van der Waals surface area contributed by atoms with Crippen LogP contribution in [-0.2, 0) is 4.74 Å². The molecule has 0 saturated carbocycles. The molecule has 1 aliphatic rings. The van der Waals surface area contributed by atoms with E-state index in [1.807, 2.05) is 6.08 Å². The van der Waals surface area contributed by atoms with E-state index in [9.17, 15) is 0 Å². The fourth-order valence-electron chi connectivity index (χ4n) is 1.12. The molecule has 1 radical (unpaired) electrons. The molecule has 9 heavy (non-hydrogen) atoms. The van der Waals surface area contributed by atoms with Crippen molar-refractivity contribution in [3.05, 3.63) is 19.6 Å². The SMILES string of the molecule is [CH2]CC1OC1(C)CC=C. The molecule has 1 fully saturated rings. The van der Waals surface area contributed by atoms with Gasteiger partial charge in [-0.1, -0.05) is 13.0 Å². The van der Waals surface area contributed by atoms with E-state index in [4.69, 9.17) is 4.74 Å². The maximum atomic E-state index is 5.36. The molecule has 0 aromatic rings. The molecule has 0 spiro atoms. The van der Waals surface area contributed by atoms with Gasteiger partial charge in [-0.25, -0.2) is 0 Å². The maximum absolute atomic E-state index is 5.36. The molecule has 1 heterocycles. The molecule has 1 aliphatic heterocycles. The molecule has 0 aromatic carbocycles. The Hall–Kier alpha value is -0.300. The molecule has 1 heteroatoms. The lowest BCUT2D eigenvalue weighted by molar-refractivity contribution is 0.310. The van der Waals surface area contributed by atoms with E-state index in [2.05, 4.69) is 20.4 Å². The number of rotatable bonds is 3. The van der Waals surface area contributed by atoms with Crippen LogP contribution >= 0.6 is 0 Å². The number of hydrogen-bond acceptors (Lipinski definition) is 1. The minimum absolute atomic E-state index is 0.0868. The summed E-state index contributed by atoms with van der Waals surface area (Å²) >= 11 is 0. The first kappa shape index (κ1) is 6.81. The van der Waals surface area contributed by atoms with Crippen molar-refractivity contribution >= 4 is 0 Å². The normalized spacial score (nSPS) is 40.4. The fraction of sp³-hybridized carbons (Fsp3) is 0.625. The van der Waals surface area contributed by atoms with Gasteiger partial charge in [-0.05, 0) is 19.8 Å². The van der Waals surface area contributed by atoms with E-state index in [-0.39, 0.29) is 5.60 Å². The Labute approximate surface area is 56.7 Å². The van der Waals surface area contributed by atoms with Gasteiger partial charge in [0.25, 0.3) is 0 Å². The largest absolute Gasteiger partial charge is 0.366 e. The topological polar surface area (TPSA) is 12.5 Å². The zero-order valence-electron chi connectivity index (χ0n) is 5.89. The second-order valence-corrected chi connectivity index (χ2v) is 2.70. The highest BCUT2D eigenvalue weighted by molar-refractivity contribution is 5.02. The van der Waals surface area contributed by atoms with Crippen molar-refractivity contribution in [3.63, 3.8) is 0 Å². The van der Waals surface area contributed by atoms with Crippen LogP contribution in [0, 0.1) is 6.92 Å². The van der Waals surface area contributed by atoms with Crippen LogP contribution in [0.2, 0.25) is 0 Å². The van der Waals surface area contributed by atoms with E-state index in [1.165, 1.54) is 0 Å². The van der Waals surface area contributed by atoms with Crippen molar-refractivity contribution in [1.29, 1.82) is 0 Å². The Morgan fingerprint density at radius 3 is 2.78 bits per heavy atom. The molecule has 51 valence electrons. The summed E-state index contributed by atoms with van der Waals surface area (Å²) in [4.78, 5) is 0. The zero-order chi connectivity index (χ0) is 6.91. The van der Waals surface area contributed by atoms with Gasteiger partial charge in [0.2, 0.25) is 0 Å². The smallest absolute Gasteiger partial charge is 0.0954 e. The van der Waals surface area contributed by atoms with Crippen LogP contribution in [0.1, 0.15) is 19.8 Å². The Balaban J connectivity index is 2.32. The van der Waals surface area contributed by atoms with Gasteiger partial charge in [0.05, 0.1) is 11.7 Å². The van der Waals surface area contributed by atoms with Gasteiger partial charge in [-0.3, -0.25) is 0 Å². The first-order chi connectivity index (χ1) is 4.23. The Morgan fingerprint density at radius 2 is 2.44 bits per heavy atom. The van der Waals surface area contributed by atoms with Crippen LogP contribution in [0.5, 0.6) is 0 Å². The van der Waals surface area contributed by atoms with E-state index in [0.717, 1.165) is 12.8 Å². The van der Waals surface area contributed by atoms with E-state index in [0.29, 0.717) is 6.10 Å². The van der Waals surface area contributed by atoms with E-state index >= 15 is 0 Å². The molecule has 0 bridgehead atoms. The van der Waals surface area contributed by atoms with Gasteiger partial charge in [-0.15, -0.1) is 6.58 Å². The number of ether oxygens (including phenoxy) is 1. The summed E-state index contributed by atoms with van der Waals surface area (Å²) in [7, 11) is 0. The van der Waals surface area contributed by atoms with Crippen LogP contribution in [0.15, 0.2) is 12.7 Å². The van der Waals surface area contributed by atoms with Crippen molar-refractivity contribution in [3.8, 4) is 0 Å². The molecule has 1 rings (SSSR count). The minimum atomic E-state index is 0.0868. The Kier molecular flexibility index (Phi) is 1.62. The third kappa shape index (κ3) is 1.16. The predicted octanol–water partition coefficient (Wildman–Crippen LogP) is 1.94.